The highest BCUT2D eigenvalue weighted by Gasteiger charge is 2.51. The first kappa shape index (κ1) is 13.3. The van der Waals surface area contributed by atoms with Crippen molar-refractivity contribution in [3.8, 4) is 0 Å². The van der Waals surface area contributed by atoms with Crippen molar-refractivity contribution in [3.63, 3.8) is 0 Å². The van der Waals surface area contributed by atoms with Crippen molar-refractivity contribution in [3.05, 3.63) is 28.2 Å². The van der Waals surface area contributed by atoms with Gasteiger partial charge in [0.05, 0.1) is 17.8 Å². The van der Waals surface area contributed by atoms with Gasteiger partial charge in [0, 0.05) is 11.8 Å². The van der Waals surface area contributed by atoms with Crippen molar-refractivity contribution in [2.75, 3.05) is 0 Å². The van der Waals surface area contributed by atoms with Crippen LogP contribution >= 0.6 is 0 Å². The first-order valence-corrected chi connectivity index (χ1v) is 5.95. The van der Waals surface area contributed by atoms with Crippen LogP contribution in [0.2, 0.25) is 0 Å². The van der Waals surface area contributed by atoms with E-state index in [2.05, 4.69) is 4.98 Å². The first-order chi connectivity index (χ1) is 8.27. The highest BCUT2D eigenvalue weighted by molar-refractivity contribution is 6.62. The van der Waals surface area contributed by atoms with E-state index in [1.54, 1.807) is 12.3 Å². The van der Waals surface area contributed by atoms with Gasteiger partial charge in [-0.1, -0.05) is 0 Å². The molecule has 1 saturated heterocycles. The molecule has 18 heavy (non-hydrogen) atoms. The van der Waals surface area contributed by atoms with E-state index in [1.165, 1.54) is 0 Å². The van der Waals surface area contributed by atoms with Gasteiger partial charge in [0.1, 0.15) is 0 Å². The summed E-state index contributed by atoms with van der Waals surface area (Å²) < 4.78 is 11.7. The maximum atomic E-state index is 11.4. The van der Waals surface area contributed by atoms with Crippen LogP contribution in [0, 0.1) is 0 Å². The number of hydrogen-bond acceptors (Lipinski definition) is 4. The summed E-state index contributed by atoms with van der Waals surface area (Å²) in [7, 11) is -0.530. The van der Waals surface area contributed by atoms with Gasteiger partial charge >= 0.3 is 7.12 Å². The van der Waals surface area contributed by atoms with E-state index in [0.29, 0.717) is 11.0 Å². The van der Waals surface area contributed by atoms with E-state index in [0.717, 1.165) is 0 Å². The molecule has 2 rings (SSSR count). The van der Waals surface area contributed by atoms with Gasteiger partial charge in [-0.3, -0.25) is 4.79 Å². The summed E-state index contributed by atoms with van der Waals surface area (Å²) in [6.45, 7) is 7.55. The normalized spacial score (nSPS) is 21.3. The molecule has 0 spiro atoms. The van der Waals surface area contributed by atoms with E-state index in [4.69, 9.17) is 14.4 Å². The molecular weight excluding hydrogens is 233 g/mol. The lowest BCUT2D eigenvalue weighted by molar-refractivity contribution is 0.00578. The third-order valence-electron chi connectivity index (χ3n) is 3.70. The SMILES string of the molecule is CC1(C)OB(c2c[nH]c(=O)c(CO)c2)OC1(C)C. The van der Waals surface area contributed by atoms with Crippen molar-refractivity contribution in [1.29, 1.82) is 0 Å². The number of H-pyrrole nitrogens is 1. The predicted octanol–water partition coefficient (Wildman–Crippen LogP) is 0.166. The zero-order valence-electron chi connectivity index (χ0n) is 11.1. The Bertz CT molecular complexity index is 493. The fourth-order valence-electron chi connectivity index (χ4n) is 1.78. The molecule has 0 radical (unpaired) electrons. The smallest absolute Gasteiger partial charge is 0.399 e. The van der Waals surface area contributed by atoms with Crippen LogP contribution in [0.4, 0.5) is 0 Å². The van der Waals surface area contributed by atoms with Crippen molar-refractivity contribution in [1.82, 2.24) is 4.98 Å². The summed E-state index contributed by atoms with van der Waals surface area (Å²) in [5.74, 6) is 0. The summed E-state index contributed by atoms with van der Waals surface area (Å²) in [5.41, 5.74) is -0.127. The van der Waals surface area contributed by atoms with Gasteiger partial charge in [0.2, 0.25) is 0 Å². The topological polar surface area (TPSA) is 71.6 Å². The van der Waals surface area contributed by atoms with E-state index in [1.807, 2.05) is 27.7 Å². The van der Waals surface area contributed by atoms with Crippen LogP contribution in [0.15, 0.2) is 17.1 Å². The van der Waals surface area contributed by atoms with Crippen LogP contribution in [0.3, 0.4) is 0 Å². The Hall–Kier alpha value is -1.11. The summed E-state index contributed by atoms with van der Waals surface area (Å²) in [5, 5.41) is 9.09. The lowest BCUT2D eigenvalue weighted by Crippen LogP contribution is -2.41. The van der Waals surface area contributed by atoms with Gasteiger partial charge in [-0.25, -0.2) is 0 Å². The molecule has 5 nitrogen and oxygen atoms in total. The van der Waals surface area contributed by atoms with Crippen molar-refractivity contribution >= 4 is 12.6 Å². The minimum absolute atomic E-state index is 0.294. The Morgan fingerprint density at radius 2 is 1.83 bits per heavy atom. The highest BCUT2D eigenvalue weighted by Crippen LogP contribution is 2.36. The molecule has 2 heterocycles. The lowest BCUT2D eigenvalue weighted by atomic mass is 9.80. The molecule has 2 N–H and O–H groups in total. The van der Waals surface area contributed by atoms with E-state index >= 15 is 0 Å². The maximum Gasteiger partial charge on any atom is 0.496 e. The number of aliphatic hydroxyl groups excluding tert-OH is 1. The summed E-state index contributed by atoms with van der Waals surface area (Å²) in [6, 6.07) is 1.61. The Morgan fingerprint density at radius 1 is 1.28 bits per heavy atom. The number of aromatic amines is 1. The Morgan fingerprint density at radius 3 is 2.33 bits per heavy atom. The van der Waals surface area contributed by atoms with Gasteiger partial charge in [-0.15, -0.1) is 0 Å². The lowest BCUT2D eigenvalue weighted by Gasteiger charge is -2.32. The van der Waals surface area contributed by atoms with Gasteiger partial charge in [-0.05, 0) is 39.2 Å². The minimum atomic E-state index is -0.530. The third-order valence-corrected chi connectivity index (χ3v) is 3.70. The molecule has 1 aromatic rings. The molecule has 0 aromatic carbocycles. The number of aliphatic hydroxyl groups is 1. The van der Waals surface area contributed by atoms with E-state index in [9.17, 15) is 4.79 Å². The third kappa shape index (κ3) is 2.11. The second-order valence-corrected chi connectivity index (χ2v) is 5.53. The fourth-order valence-corrected chi connectivity index (χ4v) is 1.78. The van der Waals surface area contributed by atoms with Crippen LogP contribution in [-0.2, 0) is 15.9 Å². The summed E-state index contributed by atoms with van der Waals surface area (Å²) in [6.07, 6.45) is 1.56. The Labute approximate surface area is 106 Å². The maximum absolute atomic E-state index is 11.4. The van der Waals surface area contributed by atoms with Crippen LogP contribution < -0.4 is 11.0 Å². The quantitative estimate of drug-likeness (QED) is 0.735. The molecule has 0 atom stereocenters. The van der Waals surface area contributed by atoms with Gasteiger partial charge < -0.3 is 19.4 Å². The largest absolute Gasteiger partial charge is 0.496 e. The molecule has 0 amide bonds. The zero-order valence-corrected chi connectivity index (χ0v) is 11.1. The molecule has 6 heteroatoms. The van der Waals surface area contributed by atoms with E-state index in [-0.39, 0.29) is 12.2 Å². The van der Waals surface area contributed by atoms with Crippen molar-refractivity contribution < 1.29 is 14.4 Å². The second kappa shape index (κ2) is 4.22. The van der Waals surface area contributed by atoms with Crippen molar-refractivity contribution in [2.24, 2.45) is 0 Å². The molecule has 1 aliphatic heterocycles. The number of rotatable bonds is 2. The summed E-state index contributed by atoms with van der Waals surface area (Å²) >= 11 is 0. The second-order valence-electron chi connectivity index (χ2n) is 5.53. The number of pyridine rings is 1. The van der Waals surface area contributed by atoms with E-state index < -0.39 is 18.3 Å². The Kier molecular flexibility index (Phi) is 3.13. The van der Waals surface area contributed by atoms with Crippen LogP contribution in [0.25, 0.3) is 0 Å². The minimum Gasteiger partial charge on any atom is -0.399 e. The predicted molar refractivity (Wildman–Crippen MR) is 68.7 cm³/mol. The van der Waals surface area contributed by atoms with Crippen molar-refractivity contribution in [2.45, 2.75) is 45.5 Å². The molecule has 98 valence electrons. The average Bonchev–Trinajstić information content (AvgIpc) is 2.49. The zero-order chi connectivity index (χ0) is 13.6. The van der Waals surface area contributed by atoms with Crippen LogP contribution in [0.5, 0.6) is 0 Å². The molecule has 0 bridgehead atoms. The molecular formula is C12H18BNO4. The number of nitrogens with one attached hydrogen (secondary N) is 1. The van der Waals surface area contributed by atoms with Gasteiger partial charge in [-0.2, -0.15) is 0 Å². The monoisotopic (exact) mass is 251 g/mol. The van der Waals surface area contributed by atoms with Gasteiger partial charge in [0.15, 0.2) is 0 Å². The first-order valence-electron chi connectivity index (χ1n) is 5.95. The Balaban J connectivity index is 2.32. The molecule has 1 aliphatic rings. The van der Waals surface area contributed by atoms with Gasteiger partial charge in [0.25, 0.3) is 5.56 Å². The average molecular weight is 251 g/mol. The molecule has 0 aliphatic carbocycles. The molecule has 0 unspecified atom stereocenters. The highest BCUT2D eigenvalue weighted by atomic mass is 16.7. The molecule has 0 saturated carbocycles. The van der Waals surface area contributed by atoms with Crippen LogP contribution in [-0.4, -0.2) is 28.4 Å². The number of hydrogen-bond donors (Lipinski definition) is 2. The molecule has 1 aromatic heterocycles. The summed E-state index contributed by atoms with van der Waals surface area (Å²) in [4.78, 5) is 14.0. The van der Waals surface area contributed by atoms with Crippen LogP contribution in [0.1, 0.15) is 33.3 Å². The fraction of sp³-hybridized carbons (Fsp3) is 0.583. The molecule has 1 fully saturated rings. The number of aromatic nitrogens is 1. The standard InChI is InChI=1S/C12H18BNO4/c1-11(2)12(3,4)18-13(17-11)9-5-8(7-15)10(16)14-6-9/h5-6,15H,7H2,1-4H3,(H,14,16).